The Bertz CT molecular complexity index is 1380. The molecule has 3 heterocycles. The predicted molar refractivity (Wildman–Crippen MR) is 165 cm³/mol. The number of fused-ring (bicyclic) bond motifs is 5. The number of hydrogen-bond acceptors (Lipinski definition) is 10. The number of aliphatic hydroxyl groups is 2. The SMILES string of the molecule is COc1cc2cc(c1Cl)N(C)C(=O)CC(OC(=O)C(C)C)C1(C)OC1C(C)C1CC(O)(NC(=O)O1)C(OC)C=CC=C(C)C2O. The average Bonchev–Trinajstić information content (AvgIpc) is 3.68. The Morgan fingerprint density at radius 1 is 1.24 bits per heavy atom. The number of allylic oxidation sites excluding steroid dienone is 2. The lowest BCUT2D eigenvalue weighted by Gasteiger charge is -2.42. The Morgan fingerprint density at radius 2 is 1.93 bits per heavy atom. The third-order valence-corrected chi connectivity index (χ3v) is 9.27. The number of rotatable bonds is 4. The molecule has 13 heteroatoms. The molecule has 45 heavy (non-hydrogen) atoms. The molecule has 1 aromatic carbocycles. The van der Waals surface area contributed by atoms with E-state index in [4.69, 9.17) is 35.3 Å². The number of methoxy groups -OCH3 is 2. The fourth-order valence-electron chi connectivity index (χ4n) is 5.86. The zero-order valence-corrected chi connectivity index (χ0v) is 27.6. The van der Waals surface area contributed by atoms with Crippen LogP contribution in [-0.2, 0) is 28.5 Å². The third kappa shape index (κ3) is 7.00. The number of amides is 2. The van der Waals surface area contributed by atoms with Gasteiger partial charge < -0.3 is 38.8 Å². The molecule has 0 spiro atoms. The number of nitrogens with one attached hydrogen (secondary N) is 1. The van der Waals surface area contributed by atoms with Crippen LogP contribution in [0.25, 0.3) is 0 Å². The second-order valence-electron chi connectivity index (χ2n) is 12.4. The first-order valence-electron chi connectivity index (χ1n) is 14.9. The fourth-order valence-corrected chi connectivity index (χ4v) is 6.18. The lowest BCUT2D eigenvalue weighted by Crippen LogP contribution is -2.63. The zero-order valence-electron chi connectivity index (χ0n) is 26.8. The molecule has 12 nitrogen and oxygen atoms in total. The third-order valence-electron chi connectivity index (χ3n) is 8.89. The molecule has 0 aliphatic carbocycles. The molecule has 4 rings (SSSR count). The Labute approximate surface area is 268 Å². The summed E-state index contributed by atoms with van der Waals surface area (Å²) in [5.74, 6) is -1.65. The van der Waals surface area contributed by atoms with E-state index in [0.717, 1.165) is 0 Å². The Balaban J connectivity index is 1.83. The standard InChI is InChI=1S/C32H43ClN2O10/c1-16(2)29(38)44-24-14-25(36)35(6)20-12-19(13-21(41-7)26(20)33)27(37)17(3)10-9-11-23(42-8)32(40)15-22(43-30(39)34-32)18(4)28-31(24,5)45-28/h9-13,16,18,22-24,27-28,37,40H,14-15H2,1-8H3,(H,34,39). The number of aliphatic hydroxyl groups excluding tert-OH is 1. The summed E-state index contributed by atoms with van der Waals surface area (Å²) in [6.45, 7) is 8.62. The number of alkyl carbamates (subject to hydrolysis) is 1. The van der Waals surface area contributed by atoms with E-state index in [9.17, 15) is 24.6 Å². The molecule has 248 valence electrons. The number of anilines is 1. The first-order chi connectivity index (χ1) is 21.1. The second kappa shape index (κ2) is 13.3. The fraction of sp³-hybridized carbons (Fsp3) is 0.594. The number of carbonyl (C=O) groups excluding carboxylic acids is 3. The van der Waals surface area contributed by atoms with Crippen LogP contribution >= 0.6 is 11.6 Å². The summed E-state index contributed by atoms with van der Waals surface area (Å²) < 4.78 is 28.6. The minimum absolute atomic E-state index is 0.0493. The van der Waals surface area contributed by atoms with Gasteiger partial charge in [-0.15, -0.1) is 0 Å². The highest BCUT2D eigenvalue weighted by Crippen LogP contribution is 2.49. The van der Waals surface area contributed by atoms with Crippen LogP contribution in [0.15, 0.2) is 35.9 Å². The van der Waals surface area contributed by atoms with Gasteiger partial charge in [-0.25, -0.2) is 4.79 Å². The van der Waals surface area contributed by atoms with Crippen LogP contribution in [0.3, 0.4) is 0 Å². The van der Waals surface area contributed by atoms with Crippen molar-refractivity contribution in [1.29, 1.82) is 0 Å². The van der Waals surface area contributed by atoms with Gasteiger partial charge >= 0.3 is 12.1 Å². The molecule has 2 amide bonds. The number of carbonyl (C=O) groups is 3. The molecule has 4 bridgehead atoms. The summed E-state index contributed by atoms with van der Waals surface area (Å²) in [5, 5.41) is 25.5. The topological polar surface area (TPSA) is 156 Å². The van der Waals surface area contributed by atoms with Gasteiger partial charge in [0, 0.05) is 26.5 Å². The molecule has 3 aliphatic rings. The minimum atomic E-state index is -1.84. The quantitative estimate of drug-likeness (QED) is 0.323. The second-order valence-corrected chi connectivity index (χ2v) is 12.8. The highest BCUT2D eigenvalue weighted by Gasteiger charge is 2.64. The van der Waals surface area contributed by atoms with E-state index in [0.29, 0.717) is 11.1 Å². The van der Waals surface area contributed by atoms with Crippen molar-refractivity contribution in [2.75, 3.05) is 26.2 Å². The molecular weight excluding hydrogens is 608 g/mol. The van der Waals surface area contributed by atoms with Crippen molar-refractivity contribution in [3.8, 4) is 5.75 Å². The Hall–Kier alpha value is -3.16. The van der Waals surface area contributed by atoms with E-state index in [1.807, 2.05) is 0 Å². The van der Waals surface area contributed by atoms with Crippen LogP contribution in [-0.4, -0.2) is 85.2 Å². The van der Waals surface area contributed by atoms with E-state index in [-0.39, 0.29) is 29.3 Å². The first kappa shape index (κ1) is 34.7. The van der Waals surface area contributed by atoms with E-state index in [1.54, 1.807) is 65.0 Å². The van der Waals surface area contributed by atoms with Gasteiger partial charge in [0.2, 0.25) is 5.91 Å². The Morgan fingerprint density at radius 3 is 2.56 bits per heavy atom. The molecule has 0 saturated carbocycles. The molecule has 2 saturated heterocycles. The van der Waals surface area contributed by atoms with Crippen LogP contribution in [0, 0.1) is 11.8 Å². The molecule has 8 unspecified atom stereocenters. The molecule has 2 fully saturated rings. The van der Waals surface area contributed by atoms with Crippen LogP contribution in [0.4, 0.5) is 10.5 Å². The predicted octanol–water partition coefficient (Wildman–Crippen LogP) is 3.81. The average molecular weight is 651 g/mol. The van der Waals surface area contributed by atoms with Gasteiger partial charge in [0.25, 0.3) is 0 Å². The molecular formula is C32H43ClN2O10. The maximum atomic E-state index is 13.8. The van der Waals surface area contributed by atoms with Gasteiger partial charge in [-0.1, -0.05) is 50.6 Å². The van der Waals surface area contributed by atoms with Crippen LogP contribution in [0.5, 0.6) is 5.75 Å². The van der Waals surface area contributed by atoms with E-state index < -0.39 is 71.7 Å². The number of hydrogen-bond donors (Lipinski definition) is 3. The van der Waals surface area contributed by atoms with Crippen molar-refractivity contribution in [3.05, 3.63) is 46.5 Å². The number of epoxide rings is 1. The molecule has 1 aromatic rings. The highest BCUT2D eigenvalue weighted by atomic mass is 35.5. The van der Waals surface area contributed by atoms with Gasteiger partial charge in [-0.05, 0) is 37.1 Å². The normalized spacial score (nSPS) is 34.0. The van der Waals surface area contributed by atoms with Crippen LogP contribution in [0.1, 0.15) is 59.1 Å². The lowest BCUT2D eigenvalue weighted by molar-refractivity contribution is -0.157. The van der Waals surface area contributed by atoms with Crippen molar-refractivity contribution >= 4 is 35.3 Å². The van der Waals surface area contributed by atoms with Crippen molar-refractivity contribution in [2.45, 2.75) is 89.3 Å². The zero-order chi connectivity index (χ0) is 33.4. The number of benzene rings is 1. The van der Waals surface area contributed by atoms with Gasteiger partial charge in [-0.2, -0.15) is 0 Å². The molecule has 3 N–H and O–H groups in total. The highest BCUT2D eigenvalue weighted by molar-refractivity contribution is 6.35. The van der Waals surface area contributed by atoms with Crippen molar-refractivity contribution in [2.24, 2.45) is 11.8 Å². The Kier molecular flexibility index (Phi) is 10.3. The van der Waals surface area contributed by atoms with Crippen molar-refractivity contribution in [3.63, 3.8) is 0 Å². The van der Waals surface area contributed by atoms with E-state index in [2.05, 4.69) is 5.32 Å². The molecule has 0 radical (unpaired) electrons. The maximum Gasteiger partial charge on any atom is 0.409 e. The van der Waals surface area contributed by atoms with E-state index in [1.165, 1.54) is 26.2 Å². The number of halogens is 1. The van der Waals surface area contributed by atoms with Crippen LogP contribution in [0.2, 0.25) is 5.02 Å². The van der Waals surface area contributed by atoms with Gasteiger partial charge in [0.05, 0.1) is 31.2 Å². The molecule has 8 atom stereocenters. The molecule has 3 aliphatic heterocycles. The maximum absolute atomic E-state index is 13.8. The number of esters is 1. The van der Waals surface area contributed by atoms with Gasteiger partial charge in [0.15, 0.2) is 5.72 Å². The summed E-state index contributed by atoms with van der Waals surface area (Å²) in [4.78, 5) is 40.6. The number of ether oxygens (including phenoxy) is 5. The smallest absolute Gasteiger partial charge is 0.409 e. The van der Waals surface area contributed by atoms with Gasteiger partial charge in [0.1, 0.15) is 40.8 Å². The summed E-state index contributed by atoms with van der Waals surface area (Å²) in [7, 11) is 4.36. The van der Waals surface area contributed by atoms with Crippen molar-refractivity contribution in [1.82, 2.24) is 5.32 Å². The van der Waals surface area contributed by atoms with E-state index >= 15 is 0 Å². The largest absolute Gasteiger partial charge is 0.495 e. The van der Waals surface area contributed by atoms with Gasteiger partial charge in [-0.3, -0.25) is 14.9 Å². The lowest BCUT2D eigenvalue weighted by atomic mass is 9.83. The molecule has 0 aromatic heterocycles. The summed E-state index contributed by atoms with van der Waals surface area (Å²) >= 11 is 6.65. The monoisotopic (exact) mass is 650 g/mol. The van der Waals surface area contributed by atoms with Crippen LogP contribution < -0.4 is 15.0 Å². The van der Waals surface area contributed by atoms with Crippen molar-refractivity contribution < 1.29 is 48.3 Å². The summed E-state index contributed by atoms with van der Waals surface area (Å²) in [5.41, 5.74) is -1.75. The number of nitrogens with zero attached hydrogens (tertiary/aromatic N) is 1. The minimum Gasteiger partial charge on any atom is -0.495 e. The first-order valence-corrected chi connectivity index (χ1v) is 15.2. The summed E-state index contributed by atoms with van der Waals surface area (Å²) in [6, 6.07) is 3.17. The summed E-state index contributed by atoms with van der Waals surface area (Å²) in [6.07, 6.45) is -0.848.